The summed E-state index contributed by atoms with van der Waals surface area (Å²) in [5.41, 5.74) is -0.446. The van der Waals surface area contributed by atoms with E-state index in [1.807, 2.05) is 27.7 Å². The number of guanidine groups is 1. The van der Waals surface area contributed by atoms with Crippen LogP contribution >= 0.6 is 0 Å². The molecule has 1 N–H and O–H groups in total. The first-order valence-corrected chi connectivity index (χ1v) is 6.67. The van der Waals surface area contributed by atoms with E-state index in [2.05, 4.69) is 15.2 Å². The Morgan fingerprint density at radius 2 is 1.94 bits per heavy atom. The summed E-state index contributed by atoms with van der Waals surface area (Å²) in [5.74, 6) is 0.540. The molecule has 1 aliphatic heterocycles. The maximum Gasteiger partial charge on any atom is 0.328 e. The average Bonchev–Trinajstić information content (AvgIpc) is 2.74. The SMILES string of the molecule is CCNC(=NCC(=O)OC(C)(C)C)N1CCCC1. The number of ether oxygens (including phenoxy) is 1. The minimum Gasteiger partial charge on any atom is -0.459 e. The van der Waals surface area contributed by atoms with Gasteiger partial charge in [-0.2, -0.15) is 0 Å². The first-order valence-electron chi connectivity index (χ1n) is 6.67. The zero-order chi connectivity index (χ0) is 13.6. The quantitative estimate of drug-likeness (QED) is 0.470. The highest BCUT2D eigenvalue weighted by Crippen LogP contribution is 2.09. The summed E-state index contributed by atoms with van der Waals surface area (Å²) in [6.07, 6.45) is 2.38. The molecule has 5 heteroatoms. The van der Waals surface area contributed by atoms with Crippen molar-refractivity contribution in [3.63, 3.8) is 0 Å². The van der Waals surface area contributed by atoms with Gasteiger partial charge in [0, 0.05) is 19.6 Å². The molecule has 5 nitrogen and oxygen atoms in total. The Morgan fingerprint density at radius 1 is 1.33 bits per heavy atom. The molecule has 1 fully saturated rings. The summed E-state index contributed by atoms with van der Waals surface area (Å²) in [6.45, 7) is 10.5. The van der Waals surface area contributed by atoms with Gasteiger partial charge in [-0.1, -0.05) is 0 Å². The van der Waals surface area contributed by atoms with E-state index < -0.39 is 5.60 Å². The number of hydrogen-bond acceptors (Lipinski definition) is 3. The lowest BCUT2D eigenvalue weighted by Crippen LogP contribution is -2.40. The fourth-order valence-corrected chi connectivity index (χ4v) is 1.87. The molecule has 0 unspecified atom stereocenters. The second-order valence-electron chi connectivity index (χ2n) is 5.45. The zero-order valence-electron chi connectivity index (χ0n) is 12.0. The second kappa shape index (κ2) is 6.61. The molecule has 104 valence electrons. The summed E-state index contributed by atoms with van der Waals surface area (Å²) in [7, 11) is 0. The fourth-order valence-electron chi connectivity index (χ4n) is 1.87. The predicted octanol–water partition coefficient (Wildman–Crippen LogP) is 1.39. The summed E-state index contributed by atoms with van der Waals surface area (Å²) < 4.78 is 5.24. The van der Waals surface area contributed by atoms with E-state index >= 15 is 0 Å². The molecule has 0 aliphatic carbocycles. The van der Waals surface area contributed by atoms with Gasteiger partial charge in [-0.05, 0) is 40.5 Å². The Hall–Kier alpha value is -1.26. The van der Waals surface area contributed by atoms with Gasteiger partial charge in [0.05, 0.1) is 0 Å². The average molecular weight is 255 g/mol. The van der Waals surface area contributed by atoms with Gasteiger partial charge < -0.3 is 15.0 Å². The van der Waals surface area contributed by atoms with Crippen LogP contribution < -0.4 is 5.32 Å². The number of esters is 1. The van der Waals surface area contributed by atoms with Crippen molar-refractivity contribution in [1.82, 2.24) is 10.2 Å². The molecular formula is C13H25N3O2. The van der Waals surface area contributed by atoms with Crippen molar-refractivity contribution in [3.05, 3.63) is 0 Å². The van der Waals surface area contributed by atoms with E-state index in [1.165, 1.54) is 12.8 Å². The van der Waals surface area contributed by atoms with Crippen molar-refractivity contribution in [2.45, 2.75) is 46.1 Å². The number of hydrogen-bond donors (Lipinski definition) is 1. The van der Waals surface area contributed by atoms with E-state index in [4.69, 9.17) is 4.74 Å². The Balaban J connectivity index is 2.51. The zero-order valence-corrected chi connectivity index (χ0v) is 12.0. The van der Waals surface area contributed by atoms with Gasteiger partial charge in [0.2, 0.25) is 0 Å². The standard InChI is InChI=1S/C13H25N3O2/c1-5-14-12(16-8-6-7-9-16)15-10-11(17)18-13(2,3)4/h5-10H2,1-4H3,(H,14,15). The highest BCUT2D eigenvalue weighted by Gasteiger charge is 2.18. The fraction of sp³-hybridized carbons (Fsp3) is 0.846. The van der Waals surface area contributed by atoms with Gasteiger partial charge >= 0.3 is 5.97 Å². The molecule has 0 radical (unpaired) electrons. The topological polar surface area (TPSA) is 53.9 Å². The summed E-state index contributed by atoms with van der Waals surface area (Å²) in [6, 6.07) is 0. The van der Waals surface area contributed by atoms with Crippen LogP contribution in [0.3, 0.4) is 0 Å². The van der Waals surface area contributed by atoms with Crippen LogP contribution in [-0.2, 0) is 9.53 Å². The number of nitrogens with one attached hydrogen (secondary N) is 1. The number of likely N-dealkylation sites (tertiary alicyclic amines) is 1. The van der Waals surface area contributed by atoms with Crippen molar-refractivity contribution in [2.75, 3.05) is 26.2 Å². The molecule has 1 aliphatic rings. The highest BCUT2D eigenvalue weighted by molar-refractivity contribution is 5.83. The molecular weight excluding hydrogens is 230 g/mol. The van der Waals surface area contributed by atoms with Gasteiger partial charge in [0.25, 0.3) is 0 Å². The van der Waals surface area contributed by atoms with E-state index in [0.29, 0.717) is 0 Å². The van der Waals surface area contributed by atoms with Gasteiger partial charge in [0.15, 0.2) is 5.96 Å². The molecule has 0 saturated carbocycles. The van der Waals surface area contributed by atoms with Crippen molar-refractivity contribution >= 4 is 11.9 Å². The van der Waals surface area contributed by atoms with Crippen LogP contribution in [0.4, 0.5) is 0 Å². The van der Waals surface area contributed by atoms with E-state index in [0.717, 1.165) is 25.6 Å². The van der Waals surface area contributed by atoms with E-state index in [1.54, 1.807) is 0 Å². The first kappa shape index (κ1) is 14.8. The number of nitrogens with zero attached hydrogens (tertiary/aromatic N) is 2. The van der Waals surface area contributed by atoms with E-state index in [-0.39, 0.29) is 12.5 Å². The third-order valence-electron chi connectivity index (χ3n) is 2.52. The van der Waals surface area contributed by atoms with Crippen LogP contribution in [-0.4, -0.2) is 48.6 Å². The van der Waals surface area contributed by atoms with Gasteiger partial charge in [-0.15, -0.1) is 0 Å². The Bertz CT molecular complexity index is 302. The molecule has 1 saturated heterocycles. The molecule has 0 aromatic heterocycles. The molecule has 1 heterocycles. The Kier molecular flexibility index (Phi) is 5.44. The van der Waals surface area contributed by atoms with Crippen LogP contribution in [0.25, 0.3) is 0 Å². The molecule has 1 rings (SSSR count). The van der Waals surface area contributed by atoms with Crippen molar-refractivity contribution in [2.24, 2.45) is 4.99 Å². The largest absolute Gasteiger partial charge is 0.459 e. The number of aliphatic imine (C=N–C) groups is 1. The Morgan fingerprint density at radius 3 is 2.44 bits per heavy atom. The van der Waals surface area contributed by atoms with Crippen molar-refractivity contribution < 1.29 is 9.53 Å². The number of carbonyl (C=O) groups excluding carboxylic acids is 1. The number of rotatable bonds is 3. The smallest absolute Gasteiger partial charge is 0.328 e. The van der Waals surface area contributed by atoms with Crippen LogP contribution in [0, 0.1) is 0 Å². The lowest BCUT2D eigenvalue weighted by Gasteiger charge is -2.21. The highest BCUT2D eigenvalue weighted by atomic mass is 16.6. The van der Waals surface area contributed by atoms with Crippen LogP contribution in [0.1, 0.15) is 40.5 Å². The first-order chi connectivity index (χ1) is 8.42. The lowest BCUT2D eigenvalue weighted by molar-refractivity contribution is -0.152. The molecule has 0 amide bonds. The summed E-state index contributed by atoms with van der Waals surface area (Å²) in [4.78, 5) is 18.1. The monoisotopic (exact) mass is 255 g/mol. The third-order valence-corrected chi connectivity index (χ3v) is 2.52. The van der Waals surface area contributed by atoms with Gasteiger partial charge in [-0.25, -0.2) is 4.99 Å². The molecule has 0 aromatic rings. The Labute approximate surface area is 110 Å². The van der Waals surface area contributed by atoms with Crippen LogP contribution in [0.2, 0.25) is 0 Å². The lowest BCUT2D eigenvalue weighted by atomic mass is 10.2. The molecule has 0 spiro atoms. The molecule has 18 heavy (non-hydrogen) atoms. The van der Waals surface area contributed by atoms with Crippen molar-refractivity contribution in [1.29, 1.82) is 0 Å². The van der Waals surface area contributed by atoms with Gasteiger partial charge in [-0.3, -0.25) is 4.79 Å². The maximum atomic E-state index is 11.6. The molecule has 0 aromatic carbocycles. The number of carbonyl (C=O) groups is 1. The molecule has 0 atom stereocenters. The maximum absolute atomic E-state index is 11.6. The molecule has 0 bridgehead atoms. The van der Waals surface area contributed by atoms with Crippen molar-refractivity contribution in [3.8, 4) is 0 Å². The summed E-state index contributed by atoms with van der Waals surface area (Å²) >= 11 is 0. The minimum absolute atomic E-state index is 0.0795. The van der Waals surface area contributed by atoms with Gasteiger partial charge in [0.1, 0.15) is 12.1 Å². The third kappa shape index (κ3) is 5.38. The predicted molar refractivity (Wildman–Crippen MR) is 72.6 cm³/mol. The van der Waals surface area contributed by atoms with E-state index in [9.17, 15) is 4.79 Å². The second-order valence-corrected chi connectivity index (χ2v) is 5.45. The van der Waals surface area contributed by atoms with Crippen LogP contribution in [0.15, 0.2) is 4.99 Å². The normalized spacial score (nSPS) is 16.9. The summed E-state index contributed by atoms with van der Waals surface area (Å²) in [5, 5.41) is 3.21. The van der Waals surface area contributed by atoms with Crippen LogP contribution in [0.5, 0.6) is 0 Å². The minimum atomic E-state index is -0.446.